The summed E-state index contributed by atoms with van der Waals surface area (Å²) in [6.45, 7) is 9.25. The highest BCUT2D eigenvalue weighted by atomic mass is 32.1. The molecule has 0 saturated carbocycles. The topological polar surface area (TPSA) is 41.6 Å². The summed E-state index contributed by atoms with van der Waals surface area (Å²) in [4.78, 5) is 13.9. The van der Waals surface area contributed by atoms with Gasteiger partial charge in [0.1, 0.15) is 5.60 Å². The molecule has 0 aliphatic carbocycles. The van der Waals surface area contributed by atoms with Gasteiger partial charge in [0.25, 0.3) is 0 Å². The van der Waals surface area contributed by atoms with Gasteiger partial charge in [-0.05, 0) is 68.5 Å². The van der Waals surface area contributed by atoms with E-state index < -0.39 is 5.60 Å². The van der Waals surface area contributed by atoms with E-state index >= 15 is 0 Å². The average molecular weight is 361 g/mol. The second-order valence-electron chi connectivity index (χ2n) is 7.80. The van der Waals surface area contributed by atoms with E-state index in [1.165, 1.54) is 15.6 Å². The number of ether oxygens (including phenoxy) is 1. The molecule has 0 radical (unpaired) electrons. The van der Waals surface area contributed by atoms with Crippen molar-refractivity contribution in [2.24, 2.45) is 5.92 Å². The summed E-state index contributed by atoms with van der Waals surface area (Å²) in [6, 6.07) is 8.57. The van der Waals surface area contributed by atoms with Crippen molar-refractivity contribution in [1.29, 1.82) is 0 Å². The third-order valence-electron chi connectivity index (χ3n) is 4.58. The molecule has 1 aliphatic rings. The second-order valence-corrected chi connectivity index (χ2v) is 8.71. The predicted molar refractivity (Wildman–Crippen MR) is 104 cm³/mol. The number of nitrogens with one attached hydrogen (secondary N) is 1. The SMILES string of the molecule is CC(C)(C)OC(=O)N1CCC(CNCc2csc3ccccc23)CC1. The lowest BCUT2D eigenvalue weighted by atomic mass is 9.97. The molecule has 0 bridgehead atoms. The Kier molecular flexibility index (Phi) is 5.64. The molecular formula is C20H28N2O2S. The van der Waals surface area contributed by atoms with Crippen molar-refractivity contribution in [2.45, 2.75) is 45.8 Å². The largest absolute Gasteiger partial charge is 0.444 e. The fourth-order valence-corrected chi connectivity index (χ4v) is 4.19. The van der Waals surface area contributed by atoms with E-state index in [0.29, 0.717) is 5.92 Å². The molecule has 1 aromatic carbocycles. The van der Waals surface area contributed by atoms with Crippen LogP contribution in [0.4, 0.5) is 4.79 Å². The molecule has 25 heavy (non-hydrogen) atoms. The standard InChI is InChI=1S/C20H28N2O2S/c1-20(2,3)24-19(23)22-10-8-15(9-11-22)12-21-13-16-14-25-18-7-5-4-6-17(16)18/h4-7,14-15,21H,8-13H2,1-3H3. The van der Waals surface area contributed by atoms with E-state index in [9.17, 15) is 4.79 Å². The molecule has 3 rings (SSSR count). The van der Waals surface area contributed by atoms with Crippen LogP contribution in [0.2, 0.25) is 0 Å². The lowest BCUT2D eigenvalue weighted by Gasteiger charge is -2.33. The maximum absolute atomic E-state index is 12.1. The maximum atomic E-state index is 12.1. The van der Waals surface area contributed by atoms with Crippen LogP contribution < -0.4 is 5.32 Å². The van der Waals surface area contributed by atoms with E-state index in [-0.39, 0.29) is 6.09 Å². The monoisotopic (exact) mass is 360 g/mol. The van der Waals surface area contributed by atoms with E-state index in [0.717, 1.165) is 39.0 Å². The zero-order chi connectivity index (χ0) is 17.9. The summed E-state index contributed by atoms with van der Waals surface area (Å²) in [6.07, 6.45) is 1.90. The first kappa shape index (κ1) is 18.2. The summed E-state index contributed by atoms with van der Waals surface area (Å²) >= 11 is 1.81. The van der Waals surface area contributed by atoms with Gasteiger partial charge in [-0.2, -0.15) is 0 Å². The fraction of sp³-hybridized carbons (Fsp3) is 0.550. The van der Waals surface area contributed by atoms with Crippen LogP contribution in [0, 0.1) is 5.92 Å². The summed E-state index contributed by atoms with van der Waals surface area (Å²) in [5, 5.41) is 7.22. The Morgan fingerprint density at radius 2 is 2.00 bits per heavy atom. The summed E-state index contributed by atoms with van der Waals surface area (Å²) in [5.41, 5.74) is 0.963. The van der Waals surface area contributed by atoms with Crippen LogP contribution >= 0.6 is 11.3 Å². The molecule has 2 aromatic rings. The van der Waals surface area contributed by atoms with Crippen molar-refractivity contribution < 1.29 is 9.53 Å². The first-order valence-electron chi connectivity index (χ1n) is 9.06. The number of nitrogens with zero attached hydrogens (tertiary/aromatic N) is 1. The van der Waals surface area contributed by atoms with E-state index in [1.54, 1.807) is 0 Å². The van der Waals surface area contributed by atoms with Gasteiger partial charge < -0.3 is 15.0 Å². The predicted octanol–water partition coefficient (Wildman–Crippen LogP) is 4.64. The second kappa shape index (κ2) is 7.75. The fourth-order valence-electron chi connectivity index (χ4n) is 3.23. The highest BCUT2D eigenvalue weighted by molar-refractivity contribution is 7.17. The number of benzene rings is 1. The van der Waals surface area contributed by atoms with Crippen molar-refractivity contribution in [3.05, 3.63) is 35.2 Å². The number of likely N-dealkylation sites (tertiary alicyclic amines) is 1. The molecule has 1 fully saturated rings. The van der Waals surface area contributed by atoms with Crippen molar-refractivity contribution >= 4 is 27.5 Å². The quantitative estimate of drug-likeness (QED) is 0.864. The van der Waals surface area contributed by atoms with Gasteiger partial charge in [-0.3, -0.25) is 0 Å². The van der Waals surface area contributed by atoms with E-state index in [2.05, 4.69) is 35.0 Å². The highest BCUT2D eigenvalue weighted by Crippen LogP contribution is 2.25. The Balaban J connectivity index is 1.42. The molecule has 1 N–H and O–H groups in total. The highest BCUT2D eigenvalue weighted by Gasteiger charge is 2.26. The van der Waals surface area contributed by atoms with Crippen LogP contribution in [-0.4, -0.2) is 36.2 Å². The van der Waals surface area contributed by atoms with Crippen LogP contribution in [0.15, 0.2) is 29.6 Å². The normalized spacial score (nSPS) is 16.4. The van der Waals surface area contributed by atoms with Crippen molar-refractivity contribution in [3.63, 3.8) is 0 Å². The molecule has 136 valence electrons. The van der Waals surface area contributed by atoms with Gasteiger partial charge in [0.15, 0.2) is 0 Å². The molecule has 0 spiro atoms. The van der Waals surface area contributed by atoms with Crippen molar-refractivity contribution in [2.75, 3.05) is 19.6 Å². The minimum atomic E-state index is -0.418. The summed E-state index contributed by atoms with van der Waals surface area (Å²) in [5.74, 6) is 0.628. The van der Waals surface area contributed by atoms with E-state index in [1.807, 2.05) is 37.0 Å². The van der Waals surface area contributed by atoms with Gasteiger partial charge in [0, 0.05) is 24.3 Å². The lowest BCUT2D eigenvalue weighted by Crippen LogP contribution is -2.43. The summed E-state index contributed by atoms with van der Waals surface area (Å²) < 4.78 is 6.81. The van der Waals surface area contributed by atoms with Crippen LogP contribution in [0.3, 0.4) is 0 Å². The number of amides is 1. The Morgan fingerprint density at radius 3 is 2.72 bits per heavy atom. The number of thiophene rings is 1. The number of piperidine rings is 1. The zero-order valence-corrected chi connectivity index (χ0v) is 16.2. The molecule has 0 atom stereocenters. The number of hydrogen-bond acceptors (Lipinski definition) is 4. The first-order chi connectivity index (χ1) is 11.9. The molecule has 2 heterocycles. The first-order valence-corrected chi connectivity index (χ1v) is 9.94. The molecule has 4 nitrogen and oxygen atoms in total. The number of fused-ring (bicyclic) bond motifs is 1. The van der Waals surface area contributed by atoms with Gasteiger partial charge in [-0.1, -0.05) is 18.2 Å². The van der Waals surface area contributed by atoms with Gasteiger partial charge in [0.2, 0.25) is 0 Å². The molecule has 5 heteroatoms. The molecule has 1 saturated heterocycles. The van der Waals surface area contributed by atoms with Gasteiger partial charge >= 0.3 is 6.09 Å². The van der Waals surface area contributed by atoms with Gasteiger partial charge in [-0.15, -0.1) is 11.3 Å². The van der Waals surface area contributed by atoms with Gasteiger partial charge in [-0.25, -0.2) is 4.79 Å². The average Bonchev–Trinajstić information content (AvgIpc) is 2.97. The number of carbonyl (C=O) groups is 1. The zero-order valence-electron chi connectivity index (χ0n) is 15.4. The molecule has 1 aliphatic heterocycles. The Bertz CT molecular complexity index is 712. The van der Waals surface area contributed by atoms with Crippen LogP contribution in [0.1, 0.15) is 39.2 Å². The van der Waals surface area contributed by atoms with Crippen LogP contribution in [-0.2, 0) is 11.3 Å². The van der Waals surface area contributed by atoms with Crippen molar-refractivity contribution in [1.82, 2.24) is 10.2 Å². The van der Waals surface area contributed by atoms with Crippen LogP contribution in [0.25, 0.3) is 10.1 Å². The Morgan fingerprint density at radius 1 is 1.28 bits per heavy atom. The number of hydrogen-bond donors (Lipinski definition) is 1. The Labute approximate surface area is 154 Å². The number of carbonyl (C=O) groups excluding carboxylic acids is 1. The third kappa shape index (κ3) is 4.95. The minimum absolute atomic E-state index is 0.177. The van der Waals surface area contributed by atoms with Crippen LogP contribution in [0.5, 0.6) is 0 Å². The molecule has 1 amide bonds. The van der Waals surface area contributed by atoms with Crippen molar-refractivity contribution in [3.8, 4) is 0 Å². The number of rotatable bonds is 4. The lowest BCUT2D eigenvalue weighted by molar-refractivity contribution is 0.0184. The maximum Gasteiger partial charge on any atom is 0.410 e. The molecule has 0 unspecified atom stereocenters. The summed E-state index contributed by atoms with van der Waals surface area (Å²) in [7, 11) is 0. The third-order valence-corrected chi connectivity index (χ3v) is 5.59. The van der Waals surface area contributed by atoms with E-state index in [4.69, 9.17) is 4.74 Å². The molecule has 1 aromatic heterocycles. The molecular weight excluding hydrogens is 332 g/mol. The smallest absolute Gasteiger partial charge is 0.410 e. The van der Waals surface area contributed by atoms with Gasteiger partial charge in [0.05, 0.1) is 0 Å². The minimum Gasteiger partial charge on any atom is -0.444 e. The Hall–Kier alpha value is -1.59.